The summed E-state index contributed by atoms with van der Waals surface area (Å²) >= 11 is 0. The Bertz CT molecular complexity index is 1310. The van der Waals surface area contributed by atoms with Crippen LogP contribution in [0.25, 0.3) is 22.3 Å². The number of nitrogens with zero attached hydrogens (tertiary/aromatic N) is 6. The molecule has 0 saturated heterocycles. The SMILES string of the molecule is COc1ncc([C@@H](C)Nc2ncc(C#N)c(-c3c[nH]c4ncc(C(F)(F)F)cc34)n2)cn1. The predicted octanol–water partition coefficient (Wildman–Crippen LogP) is 3.88. The number of aromatic nitrogens is 6. The van der Waals surface area contributed by atoms with Crippen molar-refractivity contribution in [3.63, 3.8) is 0 Å². The zero-order valence-electron chi connectivity index (χ0n) is 16.8. The van der Waals surface area contributed by atoms with Crippen LogP contribution in [0.1, 0.15) is 29.7 Å². The summed E-state index contributed by atoms with van der Waals surface area (Å²) < 4.78 is 44.4. The molecule has 4 rings (SSSR count). The molecule has 0 aromatic carbocycles. The average molecular weight is 440 g/mol. The second-order valence-corrected chi connectivity index (χ2v) is 6.76. The standard InChI is InChI=1S/C20H15F3N8O/c1-10(12-6-28-19(32-2)29-7-12)30-18-27-5-11(4-24)16(31-18)15-9-26-17-14(15)3-13(8-25-17)20(21,22)23/h3,5-10H,1-2H3,(H,25,26)(H,27,30,31)/t10-/m1/s1. The highest BCUT2D eigenvalue weighted by molar-refractivity contribution is 5.94. The summed E-state index contributed by atoms with van der Waals surface area (Å²) in [5.74, 6) is 0.177. The van der Waals surface area contributed by atoms with Gasteiger partial charge in [-0.15, -0.1) is 0 Å². The third-order valence-electron chi connectivity index (χ3n) is 4.70. The van der Waals surface area contributed by atoms with Crippen LogP contribution in [0.5, 0.6) is 6.01 Å². The number of pyridine rings is 1. The maximum absolute atomic E-state index is 13.2. The van der Waals surface area contributed by atoms with Crippen LogP contribution >= 0.6 is 0 Å². The van der Waals surface area contributed by atoms with Crippen molar-refractivity contribution in [2.45, 2.75) is 19.1 Å². The average Bonchev–Trinajstić information content (AvgIpc) is 3.21. The first-order valence-corrected chi connectivity index (χ1v) is 9.24. The lowest BCUT2D eigenvalue weighted by Crippen LogP contribution is -2.11. The quantitative estimate of drug-likeness (QED) is 0.479. The fourth-order valence-corrected chi connectivity index (χ4v) is 3.02. The molecule has 162 valence electrons. The Kier molecular flexibility index (Phi) is 5.31. The second-order valence-electron chi connectivity index (χ2n) is 6.76. The molecule has 0 amide bonds. The van der Waals surface area contributed by atoms with Gasteiger partial charge in [-0.1, -0.05) is 0 Å². The minimum absolute atomic E-state index is 0.106. The van der Waals surface area contributed by atoms with Crippen LogP contribution in [-0.4, -0.2) is 37.0 Å². The Labute approximate surface area is 179 Å². The molecule has 1 atom stereocenters. The lowest BCUT2D eigenvalue weighted by atomic mass is 10.1. The van der Waals surface area contributed by atoms with Crippen LogP contribution in [0.15, 0.2) is 37.1 Å². The molecule has 2 N–H and O–H groups in total. The van der Waals surface area contributed by atoms with E-state index >= 15 is 0 Å². The maximum Gasteiger partial charge on any atom is 0.417 e. The van der Waals surface area contributed by atoms with E-state index in [-0.39, 0.29) is 40.3 Å². The molecule has 0 radical (unpaired) electrons. The molecule has 0 unspecified atom stereocenters. The summed E-state index contributed by atoms with van der Waals surface area (Å²) in [5, 5.41) is 12.8. The molecule has 4 aromatic rings. The van der Waals surface area contributed by atoms with Gasteiger partial charge in [-0.05, 0) is 13.0 Å². The molecule has 0 fully saturated rings. The van der Waals surface area contributed by atoms with Gasteiger partial charge >= 0.3 is 12.2 Å². The summed E-state index contributed by atoms with van der Waals surface area (Å²) in [5.41, 5.74) is 0.663. The molecule has 12 heteroatoms. The number of anilines is 1. The highest BCUT2D eigenvalue weighted by Crippen LogP contribution is 2.34. The van der Waals surface area contributed by atoms with Gasteiger partial charge in [0.2, 0.25) is 5.95 Å². The van der Waals surface area contributed by atoms with Crippen molar-refractivity contribution in [1.29, 1.82) is 5.26 Å². The number of H-pyrrole nitrogens is 1. The Hall–Kier alpha value is -4.27. The molecule has 0 aliphatic carbocycles. The van der Waals surface area contributed by atoms with E-state index in [0.717, 1.165) is 17.8 Å². The molecular weight excluding hydrogens is 425 g/mol. The van der Waals surface area contributed by atoms with Crippen LogP contribution in [0.2, 0.25) is 0 Å². The summed E-state index contributed by atoms with van der Waals surface area (Å²) in [6.45, 7) is 1.83. The Morgan fingerprint density at radius 2 is 1.88 bits per heavy atom. The number of nitrogens with one attached hydrogen (secondary N) is 2. The van der Waals surface area contributed by atoms with Crippen molar-refractivity contribution in [3.05, 3.63) is 53.7 Å². The van der Waals surface area contributed by atoms with Crippen LogP contribution in [-0.2, 0) is 6.18 Å². The van der Waals surface area contributed by atoms with Crippen molar-refractivity contribution in [1.82, 2.24) is 29.9 Å². The van der Waals surface area contributed by atoms with Gasteiger partial charge in [0.25, 0.3) is 0 Å². The van der Waals surface area contributed by atoms with Crippen molar-refractivity contribution in [2.24, 2.45) is 0 Å². The maximum atomic E-state index is 13.2. The van der Waals surface area contributed by atoms with Crippen LogP contribution in [0.3, 0.4) is 0 Å². The zero-order valence-corrected chi connectivity index (χ0v) is 16.8. The number of nitriles is 1. The van der Waals surface area contributed by atoms with Gasteiger partial charge in [-0.3, -0.25) is 0 Å². The number of hydrogen-bond acceptors (Lipinski definition) is 8. The molecule has 4 aromatic heterocycles. The van der Waals surface area contributed by atoms with Crippen LogP contribution in [0, 0.1) is 11.3 Å². The monoisotopic (exact) mass is 440 g/mol. The summed E-state index contributed by atoms with van der Waals surface area (Å²) in [4.78, 5) is 23.3. The summed E-state index contributed by atoms with van der Waals surface area (Å²) in [6.07, 6.45) is 2.13. The van der Waals surface area contributed by atoms with E-state index in [2.05, 4.69) is 35.2 Å². The smallest absolute Gasteiger partial charge is 0.417 e. The molecule has 0 aliphatic heterocycles. The van der Waals surface area contributed by atoms with Gasteiger partial charge in [0.1, 0.15) is 11.7 Å². The van der Waals surface area contributed by atoms with Gasteiger partial charge in [0.05, 0.1) is 36.2 Å². The highest BCUT2D eigenvalue weighted by atomic mass is 19.4. The fraction of sp³-hybridized carbons (Fsp3) is 0.200. The molecule has 32 heavy (non-hydrogen) atoms. The van der Waals surface area contributed by atoms with Gasteiger partial charge in [0.15, 0.2) is 0 Å². The van der Waals surface area contributed by atoms with Crippen molar-refractivity contribution < 1.29 is 17.9 Å². The molecular formula is C20H15F3N8O. The topological polar surface area (TPSA) is 125 Å². The lowest BCUT2D eigenvalue weighted by Gasteiger charge is -2.14. The largest absolute Gasteiger partial charge is 0.467 e. The summed E-state index contributed by atoms with van der Waals surface area (Å²) in [7, 11) is 1.46. The molecule has 0 saturated carbocycles. The van der Waals surface area contributed by atoms with Crippen molar-refractivity contribution in [2.75, 3.05) is 12.4 Å². The third-order valence-corrected chi connectivity index (χ3v) is 4.70. The third kappa shape index (κ3) is 4.00. The molecule has 0 aliphatic rings. The van der Waals surface area contributed by atoms with E-state index in [1.165, 1.54) is 19.5 Å². The van der Waals surface area contributed by atoms with Gasteiger partial charge < -0.3 is 15.0 Å². The molecule has 0 spiro atoms. The van der Waals surface area contributed by atoms with E-state index in [1.54, 1.807) is 12.4 Å². The first kappa shape index (κ1) is 21.0. The number of methoxy groups -OCH3 is 1. The number of rotatable bonds is 5. The number of fused-ring (bicyclic) bond motifs is 1. The Morgan fingerprint density at radius 1 is 1.12 bits per heavy atom. The lowest BCUT2D eigenvalue weighted by molar-refractivity contribution is -0.137. The molecule has 9 nitrogen and oxygen atoms in total. The number of alkyl halides is 3. The van der Waals surface area contributed by atoms with Crippen LogP contribution in [0.4, 0.5) is 19.1 Å². The van der Waals surface area contributed by atoms with E-state index in [9.17, 15) is 18.4 Å². The van der Waals surface area contributed by atoms with Gasteiger partial charge in [-0.25, -0.2) is 24.9 Å². The van der Waals surface area contributed by atoms with Gasteiger partial charge in [0, 0.05) is 41.3 Å². The van der Waals surface area contributed by atoms with E-state index in [0.29, 0.717) is 5.56 Å². The van der Waals surface area contributed by atoms with E-state index < -0.39 is 11.7 Å². The zero-order chi connectivity index (χ0) is 22.9. The fourth-order valence-electron chi connectivity index (χ4n) is 3.02. The minimum Gasteiger partial charge on any atom is -0.467 e. The molecule has 0 bridgehead atoms. The minimum atomic E-state index is -4.55. The predicted molar refractivity (Wildman–Crippen MR) is 107 cm³/mol. The number of aromatic amines is 1. The second kappa shape index (κ2) is 8.10. The number of ether oxygens (including phenoxy) is 1. The first-order chi connectivity index (χ1) is 15.3. The van der Waals surface area contributed by atoms with E-state index in [4.69, 9.17) is 4.74 Å². The van der Waals surface area contributed by atoms with Gasteiger partial charge in [-0.2, -0.15) is 18.4 Å². The van der Waals surface area contributed by atoms with Crippen molar-refractivity contribution >= 4 is 17.0 Å². The Morgan fingerprint density at radius 3 is 2.53 bits per heavy atom. The van der Waals surface area contributed by atoms with Crippen molar-refractivity contribution in [3.8, 4) is 23.3 Å². The first-order valence-electron chi connectivity index (χ1n) is 9.24. The Balaban J connectivity index is 1.72. The van der Waals surface area contributed by atoms with Crippen LogP contribution < -0.4 is 10.1 Å². The number of hydrogen-bond donors (Lipinski definition) is 2. The molecule has 4 heterocycles. The van der Waals surface area contributed by atoms with E-state index in [1.807, 2.05) is 13.0 Å². The highest BCUT2D eigenvalue weighted by Gasteiger charge is 2.31. The number of halogens is 3. The summed E-state index contributed by atoms with van der Waals surface area (Å²) in [6, 6.07) is 2.87. The normalized spacial score (nSPS) is 12.4.